The summed E-state index contributed by atoms with van der Waals surface area (Å²) in [5, 5.41) is 6.20. The summed E-state index contributed by atoms with van der Waals surface area (Å²) in [4.78, 5) is 38.5. The van der Waals surface area contributed by atoms with Gasteiger partial charge >= 0.3 is 6.18 Å². The average Bonchev–Trinajstić information content (AvgIpc) is 3.11. The van der Waals surface area contributed by atoms with E-state index in [0.29, 0.717) is 22.2 Å². The number of amides is 2. The summed E-state index contributed by atoms with van der Waals surface area (Å²) in [6.45, 7) is 5.65. The van der Waals surface area contributed by atoms with Gasteiger partial charge in [0.2, 0.25) is 5.91 Å². The minimum atomic E-state index is -4.22. The highest BCUT2D eigenvalue weighted by Crippen LogP contribution is 2.41. The molecule has 0 saturated heterocycles. The number of aromatic nitrogens is 2. The van der Waals surface area contributed by atoms with Gasteiger partial charge in [0.15, 0.2) is 0 Å². The fraction of sp³-hybridized carbons (Fsp3) is 0.464. The summed E-state index contributed by atoms with van der Waals surface area (Å²) in [7, 11) is 1.71. The van der Waals surface area contributed by atoms with Crippen LogP contribution in [0.4, 0.5) is 18.9 Å². The predicted octanol–water partition coefficient (Wildman–Crippen LogP) is 6.20. The van der Waals surface area contributed by atoms with Crippen LogP contribution in [0, 0.1) is 11.3 Å². The molecule has 1 aliphatic rings. The molecular weight excluding hydrogens is 533 g/mol. The smallest absolute Gasteiger partial charge is 0.352 e. The normalized spacial score (nSPS) is 18.3. The largest absolute Gasteiger partial charge is 0.391 e. The third kappa shape index (κ3) is 6.16. The summed E-state index contributed by atoms with van der Waals surface area (Å²) in [6, 6.07) is 9.51. The Morgan fingerprint density at radius 2 is 1.69 bits per heavy atom. The molecule has 0 spiro atoms. The van der Waals surface area contributed by atoms with Crippen LogP contribution in [0.2, 0.25) is 5.02 Å². The Morgan fingerprint density at radius 1 is 1.03 bits per heavy atom. The molecule has 1 aromatic heterocycles. The molecule has 2 amide bonds. The van der Waals surface area contributed by atoms with E-state index < -0.39 is 23.4 Å². The van der Waals surface area contributed by atoms with Gasteiger partial charge in [0.05, 0.1) is 33.4 Å². The molecule has 210 valence electrons. The Morgan fingerprint density at radius 3 is 2.31 bits per heavy atom. The van der Waals surface area contributed by atoms with E-state index in [1.807, 2.05) is 0 Å². The number of anilines is 1. The number of aryl methyl sites for hydroxylation is 1. The van der Waals surface area contributed by atoms with Gasteiger partial charge in [-0.15, -0.1) is 0 Å². The first-order valence-corrected chi connectivity index (χ1v) is 13.2. The third-order valence-electron chi connectivity index (χ3n) is 7.28. The quantitative estimate of drug-likeness (QED) is 0.387. The van der Waals surface area contributed by atoms with E-state index in [9.17, 15) is 27.6 Å². The molecule has 1 heterocycles. The number of rotatable bonds is 5. The van der Waals surface area contributed by atoms with Crippen LogP contribution in [0.15, 0.2) is 41.2 Å². The van der Waals surface area contributed by atoms with Gasteiger partial charge < -0.3 is 10.6 Å². The first-order chi connectivity index (χ1) is 18.2. The first kappa shape index (κ1) is 28.7. The topological polar surface area (TPSA) is 85.1 Å². The van der Waals surface area contributed by atoms with Crippen LogP contribution in [-0.2, 0) is 18.4 Å². The number of fused-ring (bicyclic) bond motifs is 1. The van der Waals surface area contributed by atoms with Gasteiger partial charge in [0.25, 0.3) is 11.5 Å². The minimum Gasteiger partial charge on any atom is -0.352 e. The van der Waals surface area contributed by atoms with Crippen molar-refractivity contribution in [2.75, 3.05) is 5.32 Å². The number of nitrogens with one attached hydrogen (secondary N) is 2. The maximum atomic E-state index is 13.3. The number of nitrogens with zero attached hydrogens (tertiary/aromatic N) is 2. The van der Waals surface area contributed by atoms with E-state index in [1.54, 1.807) is 68.9 Å². The Kier molecular flexibility index (Phi) is 7.89. The van der Waals surface area contributed by atoms with Crippen molar-refractivity contribution in [1.29, 1.82) is 0 Å². The van der Waals surface area contributed by atoms with E-state index in [-0.39, 0.29) is 60.3 Å². The van der Waals surface area contributed by atoms with E-state index in [2.05, 4.69) is 10.6 Å². The summed E-state index contributed by atoms with van der Waals surface area (Å²) in [5.74, 6) is -1.94. The van der Waals surface area contributed by atoms with Crippen LogP contribution >= 0.6 is 11.6 Å². The molecule has 1 saturated carbocycles. The van der Waals surface area contributed by atoms with Crippen molar-refractivity contribution >= 4 is 40.0 Å². The van der Waals surface area contributed by atoms with Crippen LogP contribution in [-0.4, -0.2) is 27.4 Å². The minimum absolute atomic E-state index is 0.0108. The summed E-state index contributed by atoms with van der Waals surface area (Å²) >= 11 is 6.29. The molecule has 2 N–H and O–H groups in total. The van der Waals surface area contributed by atoms with Gasteiger partial charge in [-0.3, -0.25) is 19.1 Å². The zero-order chi connectivity index (χ0) is 28.7. The van der Waals surface area contributed by atoms with Crippen LogP contribution in [0.1, 0.15) is 68.4 Å². The first-order valence-electron chi connectivity index (χ1n) is 12.8. The molecule has 1 aliphatic carbocycles. The molecular formula is C28H32ClF3N4O3. The highest BCUT2D eigenvalue weighted by Gasteiger charge is 2.42. The zero-order valence-corrected chi connectivity index (χ0v) is 23.0. The van der Waals surface area contributed by atoms with Gasteiger partial charge in [-0.05, 0) is 61.6 Å². The summed E-state index contributed by atoms with van der Waals surface area (Å²) in [5.41, 5.74) is 1.05. The van der Waals surface area contributed by atoms with E-state index in [1.165, 1.54) is 4.68 Å². The Bertz CT molecular complexity index is 1460. The van der Waals surface area contributed by atoms with Gasteiger partial charge in [-0.2, -0.15) is 13.2 Å². The number of benzene rings is 2. The number of hydrogen-bond donors (Lipinski definition) is 2. The van der Waals surface area contributed by atoms with Gasteiger partial charge in [0, 0.05) is 24.7 Å². The van der Waals surface area contributed by atoms with Crippen LogP contribution in [0.3, 0.4) is 0 Å². The summed E-state index contributed by atoms with van der Waals surface area (Å²) < 4.78 is 42.5. The lowest BCUT2D eigenvalue weighted by Gasteiger charge is -2.31. The number of alkyl halides is 3. The molecule has 7 nitrogen and oxygen atoms in total. The number of carbonyl (C=O) groups excluding carboxylic acids is 2. The van der Waals surface area contributed by atoms with E-state index >= 15 is 0 Å². The van der Waals surface area contributed by atoms with Gasteiger partial charge in [-0.25, -0.2) is 4.68 Å². The van der Waals surface area contributed by atoms with Crippen molar-refractivity contribution in [1.82, 2.24) is 14.7 Å². The fourth-order valence-electron chi connectivity index (χ4n) is 5.00. The molecule has 0 radical (unpaired) electrons. The fourth-order valence-corrected chi connectivity index (χ4v) is 5.21. The molecule has 1 fully saturated rings. The maximum Gasteiger partial charge on any atom is 0.391 e. The lowest BCUT2D eigenvalue weighted by atomic mass is 9.85. The molecule has 0 aliphatic heterocycles. The van der Waals surface area contributed by atoms with Crippen LogP contribution in [0.5, 0.6) is 0 Å². The molecule has 39 heavy (non-hydrogen) atoms. The van der Waals surface area contributed by atoms with Gasteiger partial charge in [-0.1, -0.05) is 38.4 Å². The molecule has 11 heteroatoms. The molecule has 2 aromatic carbocycles. The monoisotopic (exact) mass is 564 g/mol. The Balaban J connectivity index is 1.52. The van der Waals surface area contributed by atoms with Crippen molar-refractivity contribution in [2.24, 2.45) is 18.4 Å². The lowest BCUT2D eigenvalue weighted by Crippen LogP contribution is -2.34. The van der Waals surface area contributed by atoms with Crippen molar-refractivity contribution in [3.63, 3.8) is 0 Å². The Labute approximate surface area is 229 Å². The average molecular weight is 565 g/mol. The van der Waals surface area contributed by atoms with Crippen molar-refractivity contribution in [3.8, 4) is 0 Å². The Hall–Kier alpha value is -3.27. The predicted molar refractivity (Wildman–Crippen MR) is 145 cm³/mol. The molecule has 4 rings (SSSR count). The van der Waals surface area contributed by atoms with Crippen molar-refractivity contribution in [2.45, 2.75) is 65.2 Å². The molecule has 0 bridgehead atoms. The highest BCUT2D eigenvalue weighted by atomic mass is 35.5. The number of hydrogen-bond acceptors (Lipinski definition) is 3. The molecule has 0 unspecified atom stereocenters. The number of halogens is 4. The van der Waals surface area contributed by atoms with E-state index in [4.69, 9.17) is 11.6 Å². The molecule has 0 atom stereocenters. The zero-order valence-electron chi connectivity index (χ0n) is 22.3. The highest BCUT2D eigenvalue weighted by molar-refractivity contribution is 6.34. The second-order valence-electron chi connectivity index (χ2n) is 11.2. The second-order valence-corrected chi connectivity index (χ2v) is 11.6. The van der Waals surface area contributed by atoms with Crippen molar-refractivity contribution < 1.29 is 22.8 Å². The standard InChI is InChI=1S/C28H32ClF3N4O3/c1-27(2,3)26(39)33-15-16-5-11-22(29)20(13-16)24(37)34-18-8-12-23-21(14-18)25(38)36(35(23)4)19-9-6-17(7-10-19)28(30,31)32/h5,8,11-14,17,19H,6-7,9-10,15H2,1-4H3,(H,33,39)(H,34,37). The van der Waals surface area contributed by atoms with Crippen LogP contribution < -0.4 is 16.2 Å². The molecule has 3 aromatic rings. The van der Waals surface area contributed by atoms with E-state index in [0.717, 1.165) is 0 Å². The lowest BCUT2D eigenvalue weighted by molar-refractivity contribution is -0.183. The van der Waals surface area contributed by atoms with Crippen molar-refractivity contribution in [3.05, 3.63) is 62.9 Å². The van der Waals surface area contributed by atoms with Gasteiger partial charge in [0.1, 0.15) is 0 Å². The second kappa shape index (κ2) is 10.7. The maximum absolute atomic E-state index is 13.3. The number of carbonyl (C=O) groups is 2. The van der Waals surface area contributed by atoms with Crippen LogP contribution in [0.25, 0.3) is 10.9 Å². The summed E-state index contributed by atoms with van der Waals surface area (Å²) in [6.07, 6.45) is -3.71. The third-order valence-corrected chi connectivity index (χ3v) is 7.61. The SMILES string of the molecule is Cn1c2ccc(NC(=O)c3cc(CNC(=O)C(C)(C)C)ccc3Cl)cc2c(=O)n1C1CCC(C(F)(F)F)CC1.